The molecule has 1 aromatic heterocycles. The Balaban J connectivity index is 1.84. The number of carbonyl (C=O) groups is 1. The number of hydrogen-bond acceptors (Lipinski definition) is 5. The van der Waals surface area contributed by atoms with Crippen LogP contribution in [0.5, 0.6) is 11.5 Å². The second kappa shape index (κ2) is 10.5. The summed E-state index contributed by atoms with van der Waals surface area (Å²) < 4.78 is 59.5. The van der Waals surface area contributed by atoms with Gasteiger partial charge in [-0.1, -0.05) is 32.4 Å². The molecule has 0 radical (unpaired) electrons. The lowest BCUT2D eigenvalue weighted by molar-refractivity contribution is -0.274. The molecule has 3 aromatic rings. The maximum absolute atomic E-state index is 13.0. The number of hydrogen-bond donors (Lipinski definition) is 0. The van der Waals surface area contributed by atoms with Crippen LogP contribution in [-0.2, 0) is 16.0 Å². The number of fused-ring (bicyclic) bond motifs is 1. The summed E-state index contributed by atoms with van der Waals surface area (Å²) in [6, 6.07) is 11.3. The number of alkyl halides is 3. The van der Waals surface area contributed by atoms with Gasteiger partial charge in [0.15, 0.2) is 0 Å². The summed E-state index contributed by atoms with van der Waals surface area (Å²) >= 11 is 0. The van der Waals surface area contributed by atoms with E-state index in [1.807, 2.05) is 0 Å². The van der Waals surface area contributed by atoms with Crippen LogP contribution >= 0.6 is 0 Å². The summed E-state index contributed by atoms with van der Waals surface area (Å²) in [5, 5.41) is 0.668. The molecule has 0 spiro atoms. The lowest BCUT2D eigenvalue weighted by atomic mass is 10.0. The standard InChI is InChI=1S/C25H25F3O5/c1-4-5-6-7-17-8-11-20(23(12-17)33-25(26,27)28)22-13-18-9-10-19(14-21(18)32-22)30-15-31-24(29)16(2)3/h8-14H,2,4-7,15H2,1,3H3. The molecule has 0 aliphatic heterocycles. The molecule has 3 rings (SSSR count). The van der Waals surface area contributed by atoms with E-state index in [0.29, 0.717) is 23.1 Å². The molecular formula is C25H25F3O5. The molecule has 0 bridgehead atoms. The fourth-order valence-corrected chi connectivity index (χ4v) is 3.22. The zero-order valence-corrected chi connectivity index (χ0v) is 18.5. The van der Waals surface area contributed by atoms with Crippen LogP contribution in [0.2, 0.25) is 0 Å². The highest BCUT2D eigenvalue weighted by Gasteiger charge is 2.32. The topological polar surface area (TPSA) is 57.9 Å². The molecule has 0 N–H and O–H groups in total. The predicted octanol–water partition coefficient (Wildman–Crippen LogP) is 7.19. The van der Waals surface area contributed by atoms with Gasteiger partial charge in [-0.15, -0.1) is 13.2 Å². The van der Waals surface area contributed by atoms with E-state index < -0.39 is 12.3 Å². The van der Waals surface area contributed by atoms with E-state index in [1.165, 1.54) is 13.0 Å². The van der Waals surface area contributed by atoms with Gasteiger partial charge in [0.1, 0.15) is 22.8 Å². The monoisotopic (exact) mass is 462 g/mol. The summed E-state index contributed by atoms with van der Waals surface area (Å²) in [6.45, 7) is 6.75. The Hall–Kier alpha value is -3.42. The molecule has 176 valence electrons. The van der Waals surface area contributed by atoms with Gasteiger partial charge in [0.2, 0.25) is 6.79 Å². The van der Waals surface area contributed by atoms with E-state index in [1.54, 1.807) is 36.4 Å². The van der Waals surface area contributed by atoms with Gasteiger partial charge in [-0.3, -0.25) is 0 Å². The summed E-state index contributed by atoms with van der Waals surface area (Å²) in [5.74, 6) is -0.281. The summed E-state index contributed by atoms with van der Waals surface area (Å²) in [5.41, 5.74) is 1.61. The van der Waals surface area contributed by atoms with Crippen molar-refractivity contribution in [2.45, 2.75) is 45.9 Å². The van der Waals surface area contributed by atoms with E-state index in [0.717, 1.165) is 24.8 Å². The summed E-state index contributed by atoms with van der Waals surface area (Å²) in [6.07, 6.45) is -1.26. The van der Waals surface area contributed by atoms with Gasteiger partial charge in [0.05, 0.1) is 5.56 Å². The highest BCUT2D eigenvalue weighted by Crippen LogP contribution is 2.38. The maximum Gasteiger partial charge on any atom is 0.573 e. The first-order valence-corrected chi connectivity index (χ1v) is 10.5. The number of unbranched alkanes of at least 4 members (excludes halogenated alkanes) is 2. The Bertz CT molecular complexity index is 1130. The third kappa shape index (κ3) is 6.78. The van der Waals surface area contributed by atoms with Crippen LogP contribution in [0.1, 0.15) is 38.7 Å². The van der Waals surface area contributed by atoms with Gasteiger partial charge in [-0.25, -0.2) is 4.79 Å². The van der Waals surface area contributed by atoms with E-state index in [-0.39, 0.29) is 29.4 Å². The number of carbonyl (C=O) groups excluding carboxylic acids is 1. The van der Waals surface area contributed by atoms with Gasteiger partial charge >= 0.3 is 12.3 Å². The molecule has 5 nitrogen and oxygen atoms in total. The van der Waals surface area contributed by atoms with Crippen LogP contribution in [0.3, 0.4) is 0 Å². The lowest BCUT2D eigenvalue weighted by Gasteiger charge is -2.13. The molecule has 33 heavy (non-hydrogen) atoms. The molecule has 0 amide bonds. The van der Waals surface area contributed by atoms with Gasteiger partial charge in [-0.05, 0) is 55.7 Å². The van der Waals surface area contributed by atoms with E-state index in [4.69, 9.17) is 13.9 Å². The van der Waals surface area contributed by atoms with E-state index >= 15 is 0 Å². The zero-order valence-electron chi connectivity index (χ0n) is 18.5. The number of aryl methyl sites for hydroxylation is 1. The number of halogens is 3. The van der Waals surface area contributed by atoms with Crippen molar-refractivity contribution in [2.75, 3.05) is 6.79 Å². The molecule has 0 aliphatic rings. The molecule has 1 heterocycles. The molecule has 8 heteroatoms. The van der Waals surface area contributed by atoms with Crippen molar-refractivity contribution in [1.82, 2.24) is 0 Å². The zero-order chi connectivity index (χ0) is 24.0. The van der Waals surface area contributed by atoms with Crippen LogP contribution in [0.15, 0.2) is 59.0 Å². The molecule has 2 aromatic carbocycles. The van der Waals surface area contributed by atoms with E-state index in [2.05, 4.69) is 18.2 Å². The number of ether oxygens (including phenoxy) is 3. The van der Waals surface area contributed by atoms with Crippen LogP contribution in [0.4, 0.5) is 13.2 Å². The number of benzene rings is 2. The minimum absolute atomic E-state index is 0.195. The Morgan fingerprint density at radius 1 is 1.09 bits per heavy atom. The van der Waals surface area contributed by atoms with Crippen molar-refractivity contribution >= 4 is 16.9 Å². The molecule has 0 fully saturated rings. The third-order valence-electron chi connectivity index (χ3n) is 4.86. The largest absolute Gasteiger partial charge is 0.573 e. The van der Waals surface area contributed by atoms with Crippen molar-refractivity contribution in [3.63, 3.8) is 0 Å². The first-order chi connectivity index (χ1) is 15.7. The minimum atomic E-state index is -4.83. The van der Waals surface area contributed by atoms with Crippen molar-refractivity contribution < 1.29 is 36.6 Å². The van der Waals surface area contributed by atoms with Gasteiger partial charge in [-0.2, -0.15) is 0 Å². The normalized spacial score (nSPS) is 11.4. The fraction of sp³-hybridized carbons (Fsp3) is 0.320. The second-order valence-electron chi connectivity index (χ2n) is 7.62. The molecule has 0 saturated carbocycles. The van der Waals surface area contributed by atoms with Crippen molar-refractivity contribution in [2.24, 2.45) is 0 Å². The Kier molecular flexibility index (Phi) is 7.68. The van der Waals surface area contributed by atoms with Crippen molar-refractivity contribution in [1.29, 1.82) is 0 Å². The average Bonchev–Trinajstić information content (AvgIpc) is 3.16. The predicted molar refractivity (Wildman–Crippen MR) is 118 cm³/mol. The highest BCUT2D eigenvalue weighted by molar-refractivity contribution is 5.87. The van der Waals surface area contributed by atoms with E-state index in [9.17, 15) is 18.0 Å². The molecule has 0 unspecified atom stereocenters. The summed E-state index contributed by atoms with van der Waals surface area (Å²) in [7, 11) is 0. The van der Waals surface area contributed by atoms with Crippen molar-refractivity contribution in [3.8, 4) is 22.8 Å². The minimum Gasteiger partial charge on any atom is -0.457 e. The first kappa shape index (κ1) is 24.2. The Morgan fingerprint density at radius 3 is 2.58 bits per heavy atom. The first-order valence-electron chi connectivity index (χ1n) is 10.5. The molecule has 0 atom stereocenters. The van der Waals surface area contributed by atoms with Gasteiger partial charge in [0.25, 0.3) is 0 Å². The second-order valence-corrected chi connectivity index (χ2v) is 7.62. The average molecular weight is 462 g/mol. The SMILES string of the molecule is C=C(C)C(=O)OCOc1ccc2cc(-c3ccc(CCCCC)cc3OC(F)(F)F)oc2c1. The Labute approximate surface area is 189 Å². The summed E-state index contributed by atoms with van der Waals surface area (Å²) in [4.78, 5) is 11.4. The number of furan rings is 1. The van der Waals surface area contributed by atoms with Crippen LogP contribution in [0.25, 0.3) is 22.3 Å². The third-order valence-corrected chi connectivity index (χ3v) is 4.86. The molecule has 0 saturated heterocycles. The van der Waals surface area contributed by atoms with Gasteiger partial charge < -0.3 is 18.6 Å². The number of rotatable bonds is 10. The van der Waals surface area contributed by atoms with Crippen molar-refractivity contribution in [3.05, 3.63) is 60.2 Å². The molecular weight excluding hydrogens is 437 g/mol. The van der Waals surface area contributed by atoms with Crippen LogP contribution in [-0.4, -0.2) is 19.1 Å². The van der Waals surface area contributed by atoms with Crippen LogP contribution < -0.4 is 9.47 Å². The highest BCUT2D eigenvalue weighted by atomic mass is 19.4. The van der Waals surface area contributed by atoms with Crippen LogP contribution in [0, 0.1) is 0 Å². The lowest BCUT2D eigenvalue weighted by Crippen LogP contribution is -2.17. The quantitative estimate of drug-likeness (QED) is 0.138. The fourth-order valence-electron chi connectivity index (χ4n) is 3.22. The maximum atomic E-state index is 13.0. The van der Waals surface area contributed by atoms with Gasteiger partial charge in [0, 0.05) is 17.0 Å². The smallest absolute Gasteiger partial charge is 0.457 e. The molecule has 0 aliphatic carbocycles. The Morgan fingerprint density at radius 2 is 1.88 bits per heavy atom. The number of esters is 1.